The van der Waals surface area contributed by atoms with Gasteiger partial charge < -0.3 is 19.7 Å². The van der Waals surface area contributed by atoms with Gasteiger partial charge in [0.15, 0.2) is 11.5 Å². The van der Waals surface area contributed by atoms with Crippen molar-refractivity contribution in [2.45, 2.75) is 39.3 Å². The third kappa shape index (κ3) is 6.53. The van der Waals surface area contributed by atoms with Gasteiger partial charge in [0.1, 0.15) is 6.61 Å². The number of carbonyl (C=O) groups excluding carboxylic acids is 1. The first-order valence-corrected chi connectivity index (χ1v) is 11.1. The molecule has 0 aromatic heterocycles. The fourth-order valence-electron chi connectivity index (χ4n) is 3.48. The largest absolute Gasteiger partial charge is 0.490 e. The highest BCUT2D eigenvalue weighted by Gasteiger charge is 2.19. The Morgan fingerprint density at radius 1 is 1.13 bits per heavy atom. The number of carbonyl (C=O) groups is 1. The minimum atomic E-state index is 0.275. The second-order valence-corrected chi connectivity index (χ2v) is 8.11. The normalized spacial score (nSPS) is 13.7. The first kappa shape index (κ1) is 22.7. The molecule has 0 atom stereocenters. The van der Waals surface area contributed by atoms with Crippen LogP contribution in [0.15, 0.2) is 36.4 Å². The number of benzene rings is 2. The number of halogens is 2. The Labute approximate surface area is 188 Å². The van der Waals surface area contributed by atoms with Crippen LogP contribution in [0, 0.1) is 0 Å². The van der Waals surface area contributed by atoms with Gasteiger partial charge in [-0.25, -0.2) is 0 Å². The Hall–Kier alpha value is -1.95. The zero-order chi connectivity index (χ0) is 21.3. The number of nitrogens with one attached hydrogen (secondary N) is 1. The Kier molecular flexibility index (Phi) is 8.67. The molecule has 1 N–H and O–H groups in total. The van der Waals surface area contributed by atoms with E-state index in [2.05, 4.69) is 5.32 Å². The molecule has 0 bridgehead atoms. The molecule has 0 saturated carbocycles. The molecule has 1 aliphatic heterocycles. The van der Waals surface area contributed by atoms with E-state index in [4.69, 9.17) is 32.7 Å². The molecule has 7 heteroatoms. The number of nitrogens with zero attached hydrogens (tertiary/aromatic N) is 1. The summed E-state index contributed by atoms with van der Waals surface area (Å²) < 4.78 is 11.7. The lowest BCUT2D eigenvalue weighted by atomic mass is 10.2. The molecule has 1 amide bonds. The third-order valence-electron chi connectivity index (χ3n) is 4.92. The van der Waals surface area contributed by atoms with Crippen LogP contribution in [0.25, 0.3) is 0 Å². The number of hydrogen-bond donors (Lipinski definition) is 1. The third-order valence-corrected chi connectivity index (χ3v) is 5.44. The first-order chi connectivity index (χ1) is 14.6. The summed E-state index contributed by atoms with van der Waals surface area (Å²) in [5.74, 6) is 1.44. The summed E-state index contributed by atoms with van der Waals surface area (Å²) in [6.45, 7) is 6.01. The minimum absolute atomic E-state index is 0.275. The molecule has 2 aromatic carbocycles. The highest BCUT2D eigenvalue weighted by molar-refractivity contribution is 6.32. The van der Waals surface area contributed by atoms with Gasteiger partial charge in [-0.1, -0.05) is 35.3 Å². The maximum atomic E-state index is 11.6. The van der Waals surface area contributed by atoms with Crippen molar-refractivity contribution in [3.63, 3.8) is 0 Å². The molecule has 0 radical (unpaired) electrons. The molecular weight excluding hydrogens is 423 g/mol. The van der Waals surface area contributed by atoms with Gasteiger partial charge in [0.2, 0.25) is 5.91 Å². The van der Waals surface area contributed by atoms with Crippen LogP contribution in [0.4, 0.5) is 0 Å². The summed E-state index contributed by atoms with van der Waals surface area (Å²) >= 11 is 12.5. The maximum absolute atomic E-state index is 11.6. The van der Waals surface area contributed by atoms with E-state index in [0.717, 1.165) is 43.6 Å². The van der Waals surface area contributed by atoms with Crippen molar-refractivity contribution < 1.29 is 14.3 Å². The van der Waals surface area contributed by atoms with E-state index in [1.807, 2.05) is 48.2 Å². The average molecular weight is 451 g/mol. The zero-order valence-electron chi connectivity index (χ0n) is 17.3. The fraction of sp³-hybridized carbons (Fsp3) is 0.435. The van der Waals surface area contributed by atoms with Crippen LogP contribution in [0.1, 0.15) is 37.3 Å². The SMILES string of the molecule is CCOc1cc(CNCCCN2CCCC2=O)cc(Cl)c1OCc1cccc(Cl)c1. The molecule has 1 saturated heterocycles. The molecular formula is C23H28Cl2N2O3. The van der Waals surface area contributed by atoms with Gasteiger partial charge in [0.05, 0.1) is 11.6 Å². The van der Waals surface area contributed by atoms with Gasteiger partial charge in [-0.2, -0.15) is 0 Å². The van der Waals surface area contributed by atoms with E-state index in [-0.39, 0.29) is 5.91 Å². The van der Waals surface area contributed by atoms with Gasteiger partial charge in [-0.05, 0) is 61.7 Å². The molecule has 0 aliphatic carbocycles. The van der Waals surface area contributed by atoms with Crippen molar-refractivity contribution in [1.82, 2.24) is 10.2 Å². The lowest BCUT2D eigenvalue weighted by Crippen LogP contribution is -2.28. The second-order valence-electron chi connectivity index (χ2n) is 7.27. The van der Waals surface area contributed by atoms with Crippen LogP contribution in [-0.2, 0) is 17.9 Å². The second kappa shape index (κ2) is 11.4. The van der Waals surface area contributed by atoms with E-state index >= 15 is 0 Å². The predicted octanol–water partition coefficient (Wildman–Crippen LogP) is 5.07. The van der Waals surface area contributed by atoms with Crippen molar-refractivity contribution in [2.24, 2.45) is 0 Å². The van der Waals surface area contributed by atoms with Gasteiger partial charge in [-0.3, -0.25) is 4.79 Å². The summed E-state index contributed by atoms with van der Waals surface area (Å²) in [6, 6.07) is 11.4. The Balaban J connectivity index is 1.54. The van der Waals surface area contributed by atoms with Crippen molar-refractivity contribution >= 4 is 29.1 Å². The summed E-state index contributed by atoms with van der Waals surface area (Å²) in [4.78, 5) is 13.6. The number of rotatable bonds is 11. The maximum Gasteiger partial charge on any atom is 0.222 e. The molecule has 30 heavy (non-hydrogen) atoms. The van der Waals surface area contributed by atoms with E-state index in [1.54, 1.807) is 0 Å². The van der Waals surface area contributed by atoms with Crippen LogP contribution < -0.4 is 14.8 Å². The van der Waals surface area contributed by atoms with Crippen LogP contribution >= 0.6 is 23.2 Å². The lowest BCUT2D eigenvalue weighted by molar-refractivity contribution is -0.127. The Morgan fingerprint density at radius 3 is 2.73 bits per heavy atom. The molecule has 0 unspecified atom stereocenters. The number of ether oxygens (including phenoxy) is 2. The molecule has 1 heterocycles. The topological polar surface area (TPSA) is 50.8 Å². The predicted molar refractivity (Wildman–Crippen MR) is 121 cm³/mol. The van der Waals surface area contributed by atoms with Crippen molar-refractivity contribution in [2.75, 3.05) is 26.2 Å². The van der Waals surface area contributed by atoms with Gasteiger partial charge in [-0.15, -0.1) is 0 Å². The van der Waals surface area contributed by atoms with Crippen LogP contribution in [-0.4, -0.2) is 37.0 Å². The quantitative estimate of drug-likeness (QED) is 0.485. The molecule has 5 nitrogen and oxygen atoms in total. The molecule has 162 valence electrons. The highest BCUT2D eigenvalue weighted by atomic mass is 35.5. The van der Waals surface area contributed by atoms with Crippen LogP contribution in [0.5, 0.6) is 11.5 Å². The highest BCUT2D eigenvalue weighted by Crippen LogP contribution is 2.37. The van der Waals surface area contributed by atoms with Crippen molar-refractivity contribution in [3.05, 3.63) is 57.6 Å². The lowest BCUT2D eigenvalue weighted by Gasteiger charge is -2.17. The van der Waals surface area contributed by atoms with E-state index in [0.29, 0.717) is 47.7 Å². The summed E-state index contributed by atoms with van der Waals surface area (Å²) in [7, 11) is 0. The average Bonchev–Trinajstić information content (AvgIpc) is 3.12. The summed E-state index contributed by atoms with van der Waals surface area (Å²) in [5, 5.41) is 4.60. The van der Waals surface area contributed by atoms with E-state index in [1.165, 1.54) is 0 Å². The number of hydrogen-bond acceptors (Lipinski definition) is 4. The fourth-order valence-corrected chi connectivity index (χ4v) is 3.98. The van der Waals surface area contributed by atoms with E-state index in [9.17, 15) is 4.79 Å². The monoisotopic (exact) mass is 450 g/mol. The first-order valence-electron chi connectivity index (χ1n) is 10.4. The van der Waals surface area contributed by atoms with Crippen LogP contribution in [0.2, 0.25) is 10.0 Å². The minimum Gasteiger partial charge on any atom is -0.490 e. The van der Waals surface area contributed by atoms with E-state index < -0.39 is 0 Å². The molecule has 0 spiro atoms. The van der Waals surface area contributed by atoms with Gasteiger partial charge in [0.25, 0.3) is 0 Å². The molecule has 1 aliphatic rings. The Morgan fingerprint density at radius 2 is 2.00 bits per heavy atom. The van der Waals surface area contributed by atoms with Crippen LogP contribution in [0.3, 0.4) is 0 Å². The van der Waals surface area contributed by atoms with Crippen molar-refractivity contribution in [3.8, 4) is 11.5 Å². The molecule has 3 rings (SSSR count). The molecule has 1 fully saturated rings. The number of likely N-dealkylation sites (tertiary alicyclic amines) is 1. The smallest absolute Gasteiger partial charge is 0.222 e. The van der Waals surface area contributed by atoms with Gasteiger partial charge >= 0.3 is 0 Å². The summed E-state index contributed by atoms with van der Waals surface area (Å²) in [6.07, 6.45) is 2.60. The van der Waals surface area contributed by atoms with Gasteiger partial charge in [0, 0.05) is 31.1 Å². The Bertz CT molecular complexity index is 860. The number of amides is 1. The zero-order valence-corrected chi connectivity index (χ0v) is 18.8. The summed E-state index contributed by atoms with van der Waals surface area (Å²) in [5.41, 5.74) is 1.99. The molecule has 2 aromatic rings. The van der Waals surface area contributed by atoms with Crippen molar-refractivity contribution in [1.29, 1.82) is 0 Å². The standard InChI is InChI=1S/C23H28Cl2N2O3/c1-2-29-21-14-18(15-26-9-5-11-27-10-4-8-22(27)28)13-20(25)23(21)30-16-17-6-3-7-19(24)12-17/h3,6-7,12-14,26H,2,4-5,8-11,15-16H2,1H3.